The molecule has 0 aliphatic carbocycles. The first kappa shape index (κ1) is 21.3. The second-order valence-corrected chi connectivity index (χ2v) is 7.70. The first-order valence-corrected chi connectivity index (χ1v) is 10.4. The fourth-order valence-corrected chi connectivity index (χ4v) is 4.16. The van der Waals surface area contributed by atoms with Gasteiger partial charge in [0.15, 0.2) is 29.0 Å². The molecule has 2 N–H and O–H groups in total. The lowest BCUT2D eigenvalue weighted by Gasteiger charge is -2.16. The molecule has 13 heteroatoms. The van der Waals surface area contributed by atoms with Crippen LogP contribution >= 0.6 is 11.3 Å². The van der Waals surface area contributed by atoms with Crippen molar-refractivity contribution in [2.45, 2.75) is 6.56 Å². The minimum Gasteiger partial charge on any atom is -0.496 e. The summed E-state index contributed by atoms with van der Waals surface area (Å²) >= 11 is 0.626. The minimum atomic E-state index is -3.11. The monoisotopic (exact) mass is 510 g/mol. The molecule has 182 valence electrons. The van der Waals surface area contributed by atoms with Gasteiger partial charge in [-0.1, -0.05) is 0 Å². The molecule has 0 saturated carbocycles. The third-order valence-electron chi connectivity index (χ3n) is 4.87. The van der Waals surface area contributed by atoms with Crippen molar-refractivity contribution in [3.8, 4) is 22.9 Å². The number of halogens is 3. The number of aromatic carboxylic acids is 1. The van der Waals surface area contributed by atoms with Gasteiger partial charge in [-0.3, -0.25) is 14.3 Å². The third-order valence-corrected chi connectivity index (χ3v) is 5.83. The highest BCUT2D eigenvalue weighted by atomic mass is 32.1. The van der Waals surface area contributed by atoms with Crippen molar-refractivity contribution in [3.05, 3.63) is 78.4 Å². The maximum Gasteiger partial charge on any atom is 0.346 e. The van der Waals surface area contributed by atoms with Gasteiger partial charge in [-0.25, -0.2) is 22.8 Å². The van der Waals surface area contributed by atoms with Crippen LogP contribution in [0.3, 0.4) is 0 Å². The highest BCUT2D eigenvalue weighted by Gasteiger charge is 2.23. The van der Waals surface area contributed by atoms with E-state index in [0.717, 1.165) is 43.9 Å². The van der Waals surface area contributed by atoms with E-state index in [1.54, 1.807) is 0 Å². The Labute approximate surface area is 200 Å². The maximum absolute atomic E-state index is 15.1. The van der Waals surface area contributed by atoms with Gasteiger partial charge in [0, 0.05) is 17.5 Å². The lowest BCUT2D eigenvalue weighted by molar-refractivity contribution is 0.0704. The van der Waals surface area contributed by atoms with E-state index < -0.39 is 68.5 Å². The number of H-pyrrole nitrogens is 1. The quantitative estimate of drug-likeness (QED) is 0.391. The topological polar surface area (TPSA) is 120 Å². The third kappa shape index (κ3) is 4.10. The molecule has 0 bridgehead atoms. The van der Waals surface area contributed by atoms with Gasteiger partial charge < -0.3 is 19.3 Å². The number of hydrogen-bond donors (Lipinski definition) is 2. The van der Waals surface area contributed by atoms with E-state index >= 15 is 4.39 Å². The number of carboxylic acid groups (broad SMARTS) is 1. The smallest absolute Gasteiger partial charge is 0.346 e. The molecule has 0 spiro atoms. The number of rotatable bonds is 7. The predicted molar refractivity (Wildman–Crippen MR) is 119 cm³/mol. The number of aromatic nitrogens is 2. The second-order valence-electron chi connectivity index (χ2n) is 6.82. The van der Waals surface area contributed by atoms with Gasteiger partial charge in [0.25, 0.3) is 5.56 Å². The molecule has 9 nitrogen and oxygen atoms in total. The highest BCUT2D eigenvalue weighted by Crippen LogP contribution is 2.35. The van der Waals surface area contributed by atoms with Gasteiger partial charge in [0.05, 0.1) is 39.1 Å². The molecule has 0 atom stereocenters. The van der Waals surface area contributed by atoms with E-state index in [1.807, 2.05) is 4.98 Å². The molecule has 4 aromatic rings. The molecule has 0 saturated heterocycles. The van der Waals surface area contributed by atoms with Crippen molar-refractivity contribution in [3.63, 3.8) is 0 Å². The van der Waals surface area contributed by atoms with E-state index in [-0.39, 0.29) is 17.0 Å². The largest absolute Gasteiger partial charge is 0.496 e. The van der Waals surface area contributed by atoms with Gasteiger partial charge in [0.1, 0.15) is 17.2 Å². The van der Waals surface area contributed by atoms with Crippen molar-refractivity contribution < 1.29 is 40.0 Å². The van der Waals surface area contributed by atoms with E-state index in [2.05, 4.69) is 0 Å². The number of fused-ring (bicyclic) bond motifs is 1. The second kappa shape index (κ2) is 9.18. The molecule has 2 heterocycles. The van der Waals surface area contributed by atoms with Gasteiger partial charge in [-0.05, 0) is 12.1 Å². The maximum atomic E-state index is 15.1. The first-order chi connectivity index (χ1) is 17.4. The number of nitrogens with zero attached hydrogens (tertiary/aromatic N) is 1. The number of benzene rings is 2. The van der Waals surface area contributed by atoms with Crippen LogP contribution in [0.5, 0.6) is 17.2 Å². The Balaban J connectivity index is 1.95. The lowest BCUT2D eigenvalue weighted by atomic mass is 10.2. The molecule has 2 aromatic carbocycles. The predicted octanol–water partition coefficient (Wildman–Crippen LogP) is 3.45. The number of thiophene rings is 1. The average Bonchev–Trinajstić information content (AvgIpc) is 3.27. The van der Waals surface area contributed by atoms with Gasteiger partial charge in [-0.15, -0.1) is 11.3 Å². The SMILES string of the molecule is [2H]C([2H])(Oc1cc(-n2c(=O)[nH]c(=O)c3c(C(=O)O)scc32)c(F)cc1OC)c1c(OC)ccc(F)c1F. The Bertz CT molecular complexity index is 1680. The molecule has 0 fully saturated rings. The fourth-order valence-electron chi connectivity index (χ4n) is 3.29. The zero-order chi connectivity index (χ0) is 27.2. The number of aromatic amines is 1. The number of methoxy groups -OCH3 is 2. The highest BCUT2D eigenvalue weighted by molar-refractivity contribution is 7.13. The standard InChI is InChI=1S/C22H15F3N2O7S/c1-32-14-4-3-10(23)18(25)9(14)7-34-16-6-12(11(24)5-15(16)33-2)27-13-8-35-19(21(29)30)17(13)20(28)26-22(27)31/h3-6,8H,7H2,1-2H3,(H,29,30)(H,26,28,31)/i7D2. The van der Waals surface area contributed by atoms with E-state index in [4.69, 9.17) is 17.0 Å². The van der Waals surface area contributed by atoms with Crippen LogP contribution in [0.1, 0.15) is 18.0 Å². The van der Waals surface area contributed by atoms with Crippen molar-refractivity contribution in [2.24, 2.45) is 0 Å². The Morgan fingerprint density at radius 3 is 2.49 bits per heavy atom. The molecule has 0 unspecified atom stereocenters. The summed E-state index contributed by atoms with van der Waals surface area (Å²) < 4.78 is 76.1. The molecule has 0 aliphatic rings. The summed E-state index contributed by atoms with van der Waals surface area (Å²) in [7, 11) is 2.20. The number of ether oxygens (including phenoxy) is 3. The van der Waals surface area contributed by atoms with Crippen LogP contribution in [0.25, 0.3) is 16.6 Å². The van der Waals surface area contributed by atoms with Crippen molar-refractivity contribution in [1.29, 1.82) is 0 Å². The molecule has 2 aromatic heterocycles. The molecule has 35 heavy (non-hydrogen) atoms. The molecule has 0 radical (unpaired) electrons. The molecule has 0 amide bonds. The van der Waals surface area contributed by atoms with Crippen LogP contribution in [0.4, 0.5) is 13.2 Å². The number of carboxylic acids is 1. The Hall–Kier alpha value is -4.26. The van der Waals surface area contributed by atoms with Crippen LogP contribution in [0.2, 0.25) is 0 Å². The van der Waals surface area contributed by atoms with Crippen LogP contribution in [-0.4, -0.2) is 34.8 Å². The summed E-state index contributed by atoms with van der Waals surface area (Å²) in [4.78, 5) is 38.0. The van der Waals surface area contributed by atoms with Crippen molar-refractivity contribution in [2.75, 3.05) is 14.2 Å². The molecular weight excluding hydrogens is 493 g/mol. The normalized spacial score (nSPS) is 12.3. The lowest BCUT2D eigenvalue weighted by Crippen LogP contribution is -2.29. The molecular formula is C22H15F3N2O7S. The Kier molecular flexibility index (Phi) is 5.58. The van der Waals surface area contributed by atoms with Gasteiger partial charge in [0.2, 0.25) is 0 Å². The van der Waals surface area contributed by atoms with Gasteiger partial charge >= 0.3 is 11.7 Å². The summed E-state index contributed by atoms with van der Waals surface area (Å²) in [6.07, 6.45) is 0. The van der Waals surface area contributed by atoms with E-state index in [9.17, 15) is 28.3 Å². The number of hydrogen-bond acceptors (Lipinski definition) is 7. The summed E-state index contributed by atoms with van der Waals surface area (Å²) in [5.74, 6) is -6.84. The summed E-state index contributed by atoms with van der Waals surface area (Å²) in [6, 6.07) is 3.26. The van der Waals surface area contributed by atoms with Crippen LogP contribution < -0.4 is 25.5 Å². The van der Waals surface area contributed by atoms with Gasteiger partial charge in [-0.2, -0.15) is 0 Å². The first-order valence-electron chi connectivity index (χ1n) is 10.5. The molecule has 4 rings (SSSR count). The number of nitrogens with one attached hydrogen (secondary N) is 1. The van der Waals surface area contributed by atoms with E-state index in [0.29, 0.717) is 15.9 Å². The fraction of sp³-hybridized carbons (Fsp3) is 0.136. The summed E-state index contributed by atoms with van der Waals surface area (Å²) in [6.45, 7) is -3.11. The Morgan fingerprint density at radius 2 is 1.83 bits per heavy atom. The minimum absolute atomic E-state index is 0.243. The van der Waals surface area contributed by atoms with Crippen molar-refractivity contribution >= 4 is 28.2 Å². The van der Waals surface area contributed by atoms with Crippen LogP contribution in [0, 0.1) is 17.5 Å². The summed E-state index contributed by atoms with van der Waals surface area (Å²) in [5.41, 5.74) is -3.91. The summed E-state index contributed by atoms with van der Waals surface area (Å²) in [5, 5.41) is 10.1. The van der Waals surface area contributed by atoms with Crippen LogP contribution in [-0.2, 0) is 6.56 Å². The van der Waals surface area contributed by atoms with Crippen LogP contribution in [0.15, 0.2) is 39.2 Å². The Morgan fingerprint density at radius 1 is 1.11 bits per heavy atom. The zero-order valence-electron chi connectivity index (χ0n) is 19.8. The zero-order valence-corrected chi connectivity index (χ0v) is 18.6. The average molecular weight is 510 g/mol. The van der Waals surface area contributed by atoms with E-state index in [1.165, 1.54) is 0 Å². The van der Waals surface area contributed by atoms with Crippen molar-refractivity contribution in [1.82, 2.24) is 9.55 Å². The molecule has 0 aliphatic heterocycles. The number of carbonyl (C=O) groups is 1.